The lowest BCUT2D eigenvalue weighted by molar-refractivity contribution is -0.121. The maximum absolute atomic E-state index is 12.2. The van der Waals surface area contributed by atoms with Crippen LogP contribution in [-0.4, -0.2) is 32.0 Å². The number of aryl methyl sites for hydroxylation is 1. The van der Waals surface area contributed by atoms with Crippen molar-refractivity contribution in [3.63, 3.8) is 0 Å². The molecule has 0 radical (unpaired) electrons. The van der Waals surface area contributed by atoms with Gasteiger partial charge in [-0.15, -0.1) is 0 Å². The van der Waals surface area contributed by atoms with Crippen molar-refractivity contribution in [2.75, 3.05) is 24.7 Å². The molecule has 0 N–H and O–H groups in total. The van der Waals surface area contributed by atoms with Crippen molar-refractivity contribution in [3.05, 3.63) is 53.6 Å². The van der Waals surface area contributed by atoms with Gasteiger partial charge in [0.1, 0.15) is 17.8 Å². The first-order chi connectivity index (χ1) is 12.2. The summed E-state index contributed by atoms with van der Waals surface area (Å²) in [5, 5.41) is 0. The highest BCUT2D eigenvalue weighted by molar-refractivity contribution is 5.98. The lowest BCUT2D eigenvalue weighted by Crippen LogP contribution is -2.39. The minimum absolute atomic E-state index is 0.0349. The maximum atomic E-state index is 12.2. The fraction of sp³-hybridized carbons (Fsp3) is 0.300. The third-order valence-electron chi connectivity index (χ3n) is 4.19. The molecule has 0 atom stereocenters. The second-order valence-electron chi connectivity index (χ2n) is 6.00. The predicted molar refractivity (Wildman–Crippen MR) is 95.6 cm³/mol. The third kappa shape index (κ3) is 3.99. The average molecular weight is 339 g/mol. The molecule has 0 saturated heterocycles. The summed E-state index contributed by atoms with van der Waals surface area (Å²) in [5.41, 5.74) is 2.31. The Labute approximate surface area is 147 Å². The summed E-state index contributed by atoms with van der Waals surface area (Å²) in [6.45, 7) is 3.23. The molecule has 0 saturated carbocycles. The van der Waals surface area contributed by atoms with Gasteiger partial charge in [0.15, 0.2) is 6.61 Å². The van der Waals surface area contributed by atoms with Crippen molar-refractivity contribution in [3.8, 4) is 11.5 Å². The Morgan fingerprint density at radius 3 is 2.84 bits per heavy atom. The van der Waals surface area contributed by atoms with Gasteiger partial charge >= 0.3 is 0 Å². The van der Waals surface area contributed by atoms with Crippen molar-refractivity contribution in [1.29, 1.82) is 0 Å². The van der Waals surface area contributed by atoms with Gasteiger partial charge in [0.05, 0.1) is 12.3 Å². The standard InChI is InChI=1S/C20H21NO4/c1-15-6-2-3-7-18(15)24-11-5-4-10-21-17-12-16(13-22)8-9-19(17)25-14-20(21)23/h2-3,6-9,12-13H,4-5,10-11,14H2,1H3. The van der Waals surface area contributed by atoms with Crippen LogP contribution in [0.1, 0.15) is 28.8 Å². The lowest BCUT2D eigenvalue weighted by atomic mass is 10.1. The molecule has 2 aromatic rings. The molecule has 5 nitrogen and oxygen atoms in total. The van der Waals surface area contributed by atoms with Gasteiger partial charge in [-0.05, 0) is 49.6 Å². The normalized spacial score (nSPS) is 13.2. The number of carbonyl (C=O) groups is 2. The first-order valence-corrected chi connectivity index (χ1v) is 8.40. The second-order valence-corrected chi connectivity index (χ2v) is 6.00. The Morgan fingerprint density at radius 1 is 1.20 bits per heavy atom. The van der Waals surface area contributed by atoms with Gasteiger partial charge < -0.3 is 14.4 Å². The van der Waals surface area contributed by atoms with E-state index >= 15 is 0 Å². The molecule has 130 valence electrons. The van der Waals surface area contributed by atoms with Crippen LogP contribution in [0.15, 0.2) is 42.5 Å². The van der Waals surface area contributed by atoms with Crippen LogP contribution in [0.5, 0.6) is 11.5 Å². The van der Waals surface area contributed by atoms with E-state index < -0.39 is 0 Å². The monoisotopic (exact) mass is 339 g/mol. The number of ether oxygens (including phenoxy) is 2. The number of rotatable bonds is 7. The lowest BCUT2D eigenvalue weighted by Gasteiger charge is -2.29. The number of hydrogen-bond donors (Lipinski definition) is 0. The molecule has 25 heavy (non-hydrogen) atoms. The summed E-state index contributed by atoms with van der Waals surface area (Å²) in [6.07, 6.45) is 2.41. The van der Waals surface area contributed by atoms with Crippen molar-refractivity contribution >= 4 is 17.9 Å². The topological polar surface area (TPSA) is 55.8 Å². The van der Waals surface area contributed by atoms with Crippen LogP contribution >= 0.6 is 0 Å². The van der Waals surface area contributed by atoms with E-state index in [9.17, 15) is 9.59 Å². The maximum Gasteiger partial charge on any atom is 0.265 e. The number of benzene rings is 2. The summed E-state index contributed by atoms with van der Waals surface area (Å²) in [6, 6.07) is 13.0. The molecule has 0 bridgehead atoms. The molecule has 0 fully saturated rings. The molecule has 5 heteroatoms. The van der Waals surface area contributed by atoms with E-state index in [0.717, 1.165) is 30.4 Å². The number of fused-ring (bicyclic) bond motifs is 1. The molecule has 0 spiro atoms. The van der Waals surface area contributed by atoms with Crippen molar-refractivity contribution < 1.29 is 19.1 Å². The molecule has 3 rings (SSSR count). The SMILES string of the molecule is Cc1ccccc1OCCCCN1C(=O)COc2ccc(C=O)cc21. The van der Waals surface area contributed by atoms with Gasteiger partial charge in [-0.1, -0.05) is 18.2 Å². The fourth-order valence-corrected chi connectivity index (χ4v) is 2.81. The van der Waals surface area contributed by atoms with E-state index in [4.69, 9.17) is 9.47 Å². The zero-order chi connectivity index (χ0) is 17.6. The number of nitrogens with zero attached hydrogens (tertiary/aromatic N) is 1. The zero-order valence-electron chi connectivity index (χ0n) is 14.2. The number of carbonyl (C=O) groups excluding carboxylic acids is 2. The quantitative estimate of drug-likeness (QED) is 0.573. The van der Waals surface area contributed by atoms with Gasteiger partial charge in [0.25, 0.3) is 5.91 Å². The molecular formula is C20H21NO4. The largest absolute Gasteiger partial charge is 0.493 e. The van der Waals surface area contributed by atoms with Crippen LogP contribution < -0.4 is 14.4 Å². The molecule has 1 aliphatic heterocycles. The Balaban J connectivity index is 1.55. The van der Waals surface area contributed by atoms with E-state index in [-0.39, 0.29) is 12.5 Å². The number of aldehydes is 1. The minimum atomic E-state index is -0.0876. The third-order valence-corrected chi connectivity index (χ3v) is 4.19. The van der Waals surface area contributed by atoms with Crippen molar-refractivity contribution in [2.24, 2.45) is 0 Å². The van der Waals surface area contributed by atoms with E-state index in [1.54, 1.807) is 23.1 Å². The molecule has 2 aromatic carbocycles. The molecule has 0 aliphatic carbocycles. The van der Waals surface area contributed by atoms with E-state index in [1.165, 1.54) is 0 Å². The van der Waals surface area contributed by atoms with E-state index in [0.29, 0.717) is 30.2 Å². The number of amides is 1. The smallest absolute Gasteiger partial charge is 0.265 e. The summed E-state index contributed by atoms with van der Waals surface area (Å²) in [7, 11) is 0. The number of para-hydroxylation sites is 1. The zero-order valence-corrected chi connectivity index (χ0v) is 14.2. The number of unbranched alkanes of at least 4 members (excludes halogenated alkanes) is 1. The molecular weight excluding hydrogens is 318 g/mol. The number of anilines is 1. The van der Waals surface area contributed by atoms with Crippen LogP contribution in [0.2, 0.25) is 0 Å². The highest BCUT2D eigenvalue weighted by atomic mass is 16.5. The minimum Gasteiger partial charge on any atom is -0.493 e. The van der Waals surface area contributed by atoms with Gasteiger partial charge in [0.2, 0.25) is 0 Å². The first-order valence-electron chi connectivity index (χ1n) is 8.40. The van der Waals surface area contributed by atoms with E-state index in [1.807, 2.05) is 31.2 Å². The van der Waals surface area contributed by atoms with Crippen LogP contribution in [0.4, 0.5) is 5.69 Å². The molecule has 1 heterocycles. The Morgan fingerprint density at radius 2 is 2.04 bits per heavy atom. The second kappa shape index (κ2) is 7.83. The summed E-state index contributed by atoms with van der Waals surface area (Å²) < 4.78 is 11.2. The summed E-state index contributed by atoms with van der Waals surface area (Å²) >= 11 is 0. The van der Waals surface area contributed by atoms with Crippen molar-refractivity contribution in [1.82, 2.24) is 0 Å². The molecule has 1 aliphatic rings. The van der Waals surface area contributed by atoms with Crippen LogP contribution in [-0.2, 0) is 4.79 Å². The van der Waals surface area contributed by atoms with Crippen LogP contribution in [0, 0.1) is 6.92 Å². The van der Waals surface area contributed by atoms with Crippen LogP contribution in [0.25, 0.3) is 0 Å². The predicted octanol–water partition coefficient (Wildman–Crippen LogP) is 3.39. The highest BCUT2D eigenvalue weighted by Crippen LogP contribution is 2.32. The van der Waals surface area contributed by atoms with Gasteiger partial charge in [-0.3, -0.25) is 9.59 Å². The van der Waals surface area contributed by atoms with Gasteiger partial charge in [-0.25, -0.2) is 0 Å². The molecule has 1 amide bonds. The molecule has 0 unspecified atom stereocenters. The molecule has 0 aromatic heterocycles. The Kier molecular flexibility index (Phi) is 5.33. The fourth-order valence-electron chi connectivity index (χ4n) is 2.81. The Hall–Kier alpha value is -2.82. The summed E-state index contributed by atoms with van der Waals surface area (Å²) in [5.74, 6) is 1.45. The van der Waals surface area contributed by atoms with E-state index in [2.05, 4.69) is 0 Å². The number of hydrogen-bond acceptors (Lipinski definition) is 4. The van der Waals surface area contributed by atoms with Crippen molar-refractivity contribution in [2.45, 2.75) is 19.8 Å². The Bertz CT molecular complexity index is 772. The van der Waals surface area contributed by atoms with Crippen LogP contribution in [0.3, 0.4) is 0 Å². The first kappa shape index (κ1) is 17.0. The highest BCUT2D eigenvalue weighted by Gasteiger charge is 2.25. The van der Waals surface area contributed by atoms with Gasteiger partial charge in [0, 0.05) is 12.1 Å². The van der Waals surface area contributed by atoms with Gasteiger partial charge in [-0.2, -0.15) is 0 Å². The average Bonchev–Trinajstić information content (AvgIpc) is 2.64. The summed E-state index contributed by atoms with van der Waals surface area (Å²) in [4.78, 5) is 24.8.